The highest BCUT2D eigenvalue weighted by Crippen LogP contribution is 2.32. The van der Waals surface area contributed by atoms with Gasteiger partial charge < -0.3 is 4.98 Å². The number of hydrazone groups is 1. The van der Waals surface area contributed by atoms with Crippen molar-refractivity contribution in [1.29, 1.82) is 0 Å². The predicted molar refractivity (Wildman–Crippen MR) is 86.0 cm³/mol. The van der Waals surface area contributed by atoms with Gasteiger partial charge in [-0.05, 0) is 55.9 Å². The second-order valence-corrected chi connectivity index (χ2v) is 6.77. The molecule has 2 heterocycles. The van der Waals surface area contributed by atoms with E-state index in [-0.39, 0.29) is 5.91 Å². The Labute approximate surface area is 128 Å². The molecule has 1 aliphatic carbocycles. The lowest BCUT2D eigenvalue weighted by atomic mass is 9.90. The van der Waals surface area contributed by atoms with Gasteiger partial charge in [0.15, 0.2) is 0 Å². The topological polar surface area (TPSA) is 57.2 Å². The number of hydrogen-bond donors (Lipinski definition) is 2. The zero-order valence-electron chi connectivity index (χ0n) is 12.3. The molecule has 2 aromatic heterocycles. The van der Waals surface area contributed by atoms with Crippen LogP contribution >= 0.6 is 11.3 Å². The molecule has 3 rings (SSSR count). The van der Waals surface area contributed by atoms with Gasteiger partial charge in [0.1, 0.15) is 0 Å². The number of aromatic nitrogens is 1. The first-order chi connectivity index (χ1) is 10.1. The average Bonchev–Trinajstić information content (AvgIpc) is 3.12. The van der Waals surface area contributed by atoms with Crippen LogP contribution in [0.1, 0.15) is 46.1 Å². The SMILES string of the molecule is C/C(=N/NC(=O)c1cc2c(s1)CCC(C)C2)c1ccc[nH]1. The molecule has 1 atom stereocenters. The van der Waals surface area contributed by atoms with E-state index in [0.29, 0.717) is 0 Å². The summed E-state index contributed by atoms with van der Waals surface area (Å²) in [5.41, 5.74) is 5.67. The van der Waals surface area contributed by atoms with Crippen LogP contribution in [0.15, 0.2) is 29.5 Å². The molecule has 0 bridgehead atoms. The molecule has 5 heteroatoms. The van der Waals surface area contributed by atoms with Crippen molar-refractivity contribution >= 4 is 23.0 Å². The van der Waals surface area contributed by atoms with Crippen LogP contribution in [-0.4, -0.2) is 16.6 Å². The molecule has 1 unspecified atom stereocenters. The van der Waals surface area contributed by atoms with E-state index in [4.69, 9.17) is 0 Å². The van der Waals surface area contributed by atoms with Crippen molar-refractivity contribution in [3.63, 3.8) is 0 Å². The fourth-order valence-corrected chi connectivity index (χ4v) is 3.72. The van der Waals surface area contributed by atoms with E-state index in [1.165, 1.54) is 16.9 Å². The third kappa shape index (κ3) is 3.08. The van der Waals surface area contributed by atoms with Crippen LogP contribution in [0.25, 0.3) is 0 Å². The Morgan fingerprint density at radius 3 is 3.14 bits per heavy atom. The van der Waals surface area contributed by atoms with Crippen molar-refractivity contribution in [1.82, 2.24) is 10.4 Å². The van der Waals surface area contributed by atoms with Crippen LogP contribution in [-0.2, 0) is 12.8 Å². The highest BCUT2D eigenvalue weighted by Gasteiger charge is 2.20. The molecule has 1 amide bonds. The minimum absolute atomic E-state index is 0.118. The molecule has 0 saturated heterocycles. The Morgan fingerprint density at radius 2 is 2.38 bits per heavy atom. The molecule has 2 N–H and O–H groups in total. The molecule has 4 nitrogen and oxygen atoms in total. The van der Waals surface area contributed by atoms with Gasteiger partial charge in [-0.3, -0.25) is 4.79 Å². The summed E-state index contributed by atoms with van der Waals surface area (Å²) in [4.78, 5) is 17.4. The maximum atomic E-state index is 12.2. The number of rotatable bonds is 3. The van der Waals surface area contributed by atoms with Crippen molar-refractivity contribution < 1.29 is 4.79 Å². The van der Waals surface area contributed by atoms with E-state index < -0.39 is 0 Å². The number of amides is 1. The minimum Gasteiger partial charge on any atom is -0.360 e. The van der Waals surface area contributed by atoms with Crippen LogP contribution in [0.5, 0.6) is 0 Å². The Kier molecular flexibility index (Phi) is 3.92. The first kappa shape index (κ1) is 14.1. The fourth-order valence-electron chi connectivity index (χ4n) is 2.62. The molecule has 0 aliphatic heterocycles. The van der Waals surface area contributed by atoms with Crippen LogP contribution in [0.2, 0.25) is 0 Å². The number of aryl methyl sites for hydroxylation is 1. The minimum atomic E-state index is -0.118. The van der Waals surface area contributed by atoms with Crippen molar-refractivity contribution in [2.45, 2.75) is 33.1 Å². The molecule has 21 heavy (non-hydrogen) atoms. The van der Waals surface area contributed by atoms with E-state index in [0.717, 1.165) is 35.0 Å². The normalized spacial score (nSPS) is 18.4. The highest BCUT2D eigenvalue weighted by molar-refractivity contribution is 7.14. The first-order valence-electron chi connectivity index (χ1n) is 7.23. The zero-order valence-corrected chi connectivity index (χ0v) is 13.1. The number of aromatic amines is 1. The zero-order chi connectivity index (χ0) is 14.8. The predicted octanol–water partition coefficient (Wildman–Crippen LogP) is 3.36. The summed E-state index contributed by atoms with van der Waals surface area (Å²) in [6.07, 6.45) is 5.24. The van der Waals surface area contributed by atoms with E-state index in [9.17, 15) is 4.79 Å². The standard InChI is InChI=1S/C16H19N3OS/c1-10-5-6-14-12(8-10)9-15(21-14)16(20)19-18-11(2)13-4-3-7-17-13/h3-4,7,9-10,17H,5-6,8H2,1-2H3,(H,19,20)/b18-11-. The van der Waals surface area contributed by atoms with Gasteiger partial charge in [0.25, 0.3) is 5.91 Å². The van der Waals surface area contributed by atoms with E-state index in [2.05, 4.69) is 22.4 Å². The largest absolute Gasteiger partial charge is 0.360 e. The lowest BCUT2D eigenvalue weighted by Crippen LogP contribution is -2.18. The quantitative estimate of drug-likeness (QED) is 0.663. The summed E-state index contributed by atoms with van der Waals surface area (Å²) >= 11 is 1.61. The van der Waals surface area contributed by atoms with Gasteiger partial charge in [0, 0.05) is 11.1 Å². The van der Waals surface area contributed by atoms with Gasteiger partial charge in [0.2, 0.25) is 0 Å². The maximum absolute atomic E-state index is 12.2. The number of carbonyl (C=O) groups is 1. The van der Waals surface area contributed by atoms with Gasteiger partial charge in [0.05, 0.1) is 16.3 Å². The second kappa shape index (κ2) is 5.85. The number of H-pyrrole nitrogens is 1. The van der Waals surface area contributed by atoms with E-state index in [1.54, 1.807) is 11.3 Å². The lowest BCUT2D eigenvalue weighted by Gasteiger charge is -2.16. The number of nitrogens with one attached hydrogen (secondary N) is 2. The molecule has 0 fully saturated rings. The molecule has 0 aromatic carbocycles. The fraction of sp³-hybridized carbons (Fsp3) is 0.375. The molecule has 0 saturated carbocycles. The van der Waals surface area contributed by atoms with Crippen molar-refractivity contribution in [3.8, 4) is 0 Å². The van der Waals surface area contributed by atoms with Gasteiger partial charge in [-0.25, -0.2) is 5.43 Å². The van der Waals surface area contributed by atoms with Crippen molar-refractivity contribution in [2.24, 2.45) is 11.0 Å². The summed E-state index contributed by atoms with van der Waals surface area (Å²) in [6.45, 7) is 4.14. The van der Waals surface area contributed by atoms with Crippen LogP contribution in [0.3, 0.4) is 0 Å². The summed E-state index contributed by atoms with van der Waals surface area (Å²) < 4.78 is 0. The Bertz CT molecular complexity index is 670. The second-order valence-electron chi connectivity index (χ2n) is 5.63. The van der Waals surface area contributed by atoms with Crippen molar-refractivity contribution in [2.75, 3.05) is 0 Å². The highest BCUT2D eigenvalue weighted by atomic mass is 32.1. The molecule has 110 valence electrons. The molecular weight excluding hydrogens is 282 g/mol. The summed E-state index contributed by atoms with van der Waals surface area (Å²) in [7, 11) is 0. The Hall–Kier alpha value is -1.88. The molecule has 1 aliphatic rings. The number of hydrogen-bond acceptors (Lipinski definition) is 3. The Morgan fingerprint density at radius 1 is 1.52 bits per heavy atom. The summed E-state index contributed by atoms with van der Waals surface area (Å²) in [5, 5.41) is 4.16. The van der Waals surface area contributed by atoms with Gasteiger partial charge in [-0.2, -0.15) is 5.10 Å². The molecular formula is C16H19N3OS. The number of fused-ring (bicyclic) bond motifs is 1. The van der Waals surface area contributed by atoms with Gasteiger partial charge >= 0.3 is 0 Å². The van der Waals surface area contributed by atoms with Crippen LogP contribution in [0.4, 0.5) is 0 Å². The average molecular weight is 301 g/mol. The number of thiophene rings is 1. The third-order valence-electron chi connectivity index (χ3n) is 3.87. The molecule has 0 spiro atoms. The summed E-state index contributed by atoms with van der Waals surface area (Å²) in [6, 6.07) is 5.87. The maximum Gasteiger partial charge on any atom is 0.281 e. The smallest absolute Gasteiger partial charge is 0.281 e. The van der Waals surface area contributed by atoms with Gasteiger partial charge in [-0.1, -0.05) is 6.92 Å². The van der Waals surface area contributed by atoms with E-state index in [1.807, 2.05) is 31.3 Å². The molecule has 2 aromatic rings. The number of carbonyl (C=O) groups excluding carboxylic acids is 1. The van der Waals surface area contributed by atoms with Gasteiger partial charge in [-0.15, -0.1) is 11.3 Å². The van der Waals surface area contributed by atoms with Crippen LogP contribution in [0, 0.1) is 5.92 Å². The third-order valence-corrected chi connectivity index (χ3v) is 5.10. The van der Waals surface area contributed by atoms with E-state index >= 15 is 0 Å². The monoisotopic (exact) mass is 301 g/mol. The molecule has 0 radical (unpaired) electrons. The number of nitrogens with zero attached hydrogens (tertiary/aromatic N) is 1. The summed E-state index contributed by atoms with van der Waals surface area (Å²) in [5.74, 6) is 0.601. The lowest BCUT2D eigenvalue weighted by molar-refractivity contribution is 0.0959. The van der Waals surface area contributed by atoms with Crippen LogP contribution < -0.4 is 5.43 Å². The van der Waals surface area contributed by atoms with Crippen molar-refractivity contribution in [3.05, 3.63) is 45.4 Å². The Balaban J connectivity index is 1.70. The first-order valence-corrected chi connectivity index (χ1v) is 8.05.